The van der Waals surface area contributed by atoms with Crippen molar-refractivity contribution in [3.05, 3.63) is 71.8 Å². The fourth-order valence-electron chi connectivity index (χ4n) is 5.40. The number of carbonyl (C=O) groups is 1. The molecule has 2 N–H and O–H groups in total. The van der Waals surface area contributed by atoms with Gasteiger partial charge in [0, 0.05) is 68.0 Å². The number of anilines is 2. The second-order valence-corrected chi connectivity index (χ2v) is 10.6. The van der Waals surface area contributed by atoms with Crippen LogP contribution in [0.15, 0.2) is 54.6 Å². The maximum absolute atomic E-state index is 15.4. The number of aromatic nitrogens is 6. The van der Waals surface area contributed by atoms with E-state index in [2.05, 4.69) is 35.1 Å². The van der Waals surface area contributed by atoms with Gasteiger partial charge < -0.3 is 14.8 Å². The van der Waals surface area contributed by atoms with Gasteiger partial charge in [0.05, 0.1) is 22.9 Å². The van der Waals surface area contributed by atoms with E-state index in [0.717, 1.165) is 62.6 Å². The number of imidazole rings is 1. The van der Waals surface area contributed by atoms with Crippen LogP contribution in [0.1, 0.15) is 23.9 Å². The van der Waals surface area contributed by atoms with Gasteiger partial charge in [0.15, 0.2) is 11.2 Å². The quantitative estimate of drug-likeness (QED) is 0.314. The molecule has 0 saturated carbocycles. The van der Waals surface area contributed by atoms with E-state index in [0.29, 0.717) is 27.3 Å². The Morgan fingerprint density at radius 1 is 1.10 bits per heavy atom. The Labute approximate surface area is 239 Å². The molecule has 13 heteroatoms. The number of carbonyl (C=O) groups excluding carboxylic acids is 1. The van der Waals surface area contributed by atoms with Crippen molar-refractivity contribution >= 4 is 51.5 Å². The number of pyridine rings is 1. The predicted molar refractivity (Wildman–Crippen MR) is 155 cm³/mol. The molecule has 1 amide bonds. The molecule has 0 radical (unpaired) electrons. The van der Waals surface area contributed by atoms with Crippen molar-refractivity contribution in [3.63, 3.8) is 0 Å². The Balaban J connectivity index is 0.00000289. The van der Waals surface area contributed by atoms with Gasteiger partial charge in [0.2, 0.25) is 0 Å². The predicted octanol–water partition coefficient (Wildman–Crippen LogP) is 3.90. The summed E-state index contributed by atoms with van der Waals surface area (Å²) in [6, 6.07) is 6.40. The zero-order valence-electron chi connectivity index (χ0n) is 21.5. The lowest BCUT2D eigenvalue weighted by Gasteiger charge is -2.28. The molecule has 2 aliphatic rings. The molecule has 6 heterocycles. The Morgan fingerprint density at radius 3 is 2.75 bits per heavy atom. The van der Waals surface area contributed by atoms with Crippen LogP contribution in [0.25, 0.3) is 22.0 Å². The summed E-state index contributed by atoms with van der Waals surface area (Å²) in [6.07, 6.45) is 8.58. The fraction of sp³-hybridized carbons (Fsp3) is 0.296. The molecule has 0 aliphatic carbocycles. The molecule has 2 aliphatic heterocycles. The highest BCUT2D eigenvalue weighted by Crippen LogP contribution is 2.31. The number of amides is 1. The largest absolute Gasteiger partial charge is 0.354 e. The van der Waals surface area contributed by atoms with Crippen LogP contribution >= 0.6 is 23.7 Å². The second-order valence-electron chi connectivity index (χ2n) is 9.74. The van der Waals surface area contributed by atoms with Gasteiger partial charge in [-0.25, -0.2) is 19.3 Å². The highest BCUT2D eigenvalue weighted by molar-refractivity contribution is 7.13. The summed E-state index contributed by atoms with van der Waals surface area (Å²) >= 11 is 1.33. The van der Waals surface area contributed by atoms with Crippen LogP contribution in [0.3, 0.4) is 0 Å². The first-order chi connectivity index (χ1) is 19.1. The van der Waals surface area contributed by atoms with Crippen molar-refractivity contribution in [2.75, 3.05) is 36.4 Å². The summed E-state index contributed by atoms with van der Waals surface area (Å²) in [4.78, 5) is 29.2. The average molecular weight is 580 g/mol. The van der Waals surface area contributed by atoms with Gasteiger partial charge in [0.25, 0.3) is 5.91 Å². The van der Waals surface area contributed by atoms with E-state index in [1.807, 2.05) is 18.2 Å². The molecule has 10 nitrogen and oxygen atoms in total. The molecule has 0 spiro atoms. The van der Waals surface area contributed by atoms with Crippen LogP contribution in [0.4, 0.5) is 15.3 Å². The molecular formula is C27H27ClFN9OS. The highest BCUT2D eigenvalue weighted by Gasteiger charge is 2.32. The van der Waals surface area contributed by atoms with Gasteiger partial charge in [-0.3, -0.25) is 14.8 Å². The number of thiazole rings is 1. The molecule has 40 heavy (non-hydrogen) atoms. The van der Waals surface area contributed by atoms with Crippen molar-refractivity contribution in [2.45, 2.75) is 25.4 Å². The van der Waals surface area contributed by atoms with E-state index < -0.39 is 11.9 Å². The van der Waals surface area contributed by atoms with Crippen LogP contribution in [0.2, 0.25) is 0 Å². The van der Waals surface area contributed by atoms with Gasteiger partial charge in [-0.05, 0) is 42.7 Å². The summed E-state index contributed by atoms with van der Waals surface area (Å²) < 4.78 is 19.0. The minimum Gasteiger partial charge on any atom is -0.354 e. The normalized spacial score (nSPS) is 15.6. The number of piperazine rings is 1. The lowest BCUT2D eigenvalue weighted by molar-refractivity contribution is -0.118. The van der Waals surface area contributed by atoms with Crippen molar-refractivity contribution in [1.29, 1.82) is 0 Å². The van der Waals surface area contributed by atoms with E-state index >= 15 is 4.39 Å². The van der Waals surface area contributed by atoms with Crippen LogP contribution in [0.5, 0.6) is 0 Å². The van der Waals surface area contributed by atoms with Crippen molar-refractivity contribution in [1.82, 2.24) is 34.6 Å². The maximum Gasteiger partial charge on any atom is 0.257 e. The third-order valence-electron chi connectivity index (χ3n) is 7.34. The maximum atomic E-state index is 15.4. The zero-order chi connectivity index (χ0) is 26.3. The molecule has 0 bridgehead atoms. The Hall–Kier alpha value is -3.87. The molecule has 5 aromatic rings. The standard InChI is InChI=1S/C27H26FN9OS.ClH/c28-20-12-18(17-3-4-23(31-14-17)35-9-5-29-6-10-35)13-21-19(20)15-37(34-21)25(26(38)33-27-30-7-11-39-27)24-22-2-1-8-36(22)16-32-24;/h3-4,7,11-16,25,29H,1-2,5-6,8-10H2,(H,30,33,38);1H. The summed E-state index contributed by atoms with van der Waals surface area (Å²) in [5.41, 5.74) is 3.57. The average Bonchev–Trinajstić information content (AvgIpc) is 3.76. The minimum atomic E-state index is -0.863. The van der Waals surface area contributed by atoms with E-state index in [9.17, 15) is 4.79 Å². The zero-order valence-corrected chi connectivity index (χ0v) is 23.1. The summed E-state index contributed by atoms with van der Waals surface area (Å²) in [6.45, 7) is 4.53. The van der Waals surface area contributed by atoms with Gasteiger partial charge in [-0.1, -0.05) is 0 Å². The first kappa shape index (κ1) is 26.4. The third kappa shape index (κ3) is 4.82. The second kappa shape index (κ2) is 11.0. The smallest absolute Gasteiger partial charge is 0.257 e. The molecule has 7 rings (SSSR count). The number of hydrogen-bond acceptors (Lipinski definition) is 8. The number of nitrogens with one attached hydrogen (secondary N) is 2. The molecular weight excluding hydrogens is 553 g/mol. The summed E-state index contributed by atoms with van der Waals surface area (Å²) in [5, 5.41) is 13.5. The van der Waals surface area contributed by atoms with E-state index in [1.165, 1.54) is 22.1 Å². The lowest BCUT2D eigenvalue weighted by Crippen LogP contribution is -2.43. The van der Waals surface area contributed by atoms with Crippen LogP contribution < -0.4 is 15.5 Å². The minimum absolute atomic E-state index is 0. The molecule has 206 valence electrons. The number of aryl methyl sites for hydroxylation is 1. The first-order valence-corrected chi connectivity index (χ1v) is 13.9. The highest BCUT2D eigenvalue weighted by atomic mass is 35.5. The van der Waals surface area contributed by atoms with Crippen molar-refractivity contribution in [2.24, 2.45) is 0 Å². The van der Waals surface area contributed by atoms with Crippen molar-refractivity contribution < 1.29 is 9.18 Å². The Kier molecular flexibility index (Phi) is 7.22. The molecule has 1 saturated heterocycles. The van der Waals surface area contributed by atoms with Crippen LogP contribution in [-0.4, -0.2) is 61.4 Å². The third-order valence-corrected chi connectivity index (χ3v) is 8.03. The topological polar surface area (TPSA) is 106 Å². The van der Waals surface area contributed by atoms with Crippen LogP contribution in [0, 0.1) is 5.82 Å². The number of rotatable bonds is 6. The molecule has 4 aromatic heterocycles. The number of benzene rings is 1. The fourth-order valence-corrected chi connectivity index (χ4v) is 5.93. The summed E-state index contributed by atoms with van der Waals surface area (Å²) in [5.74, 6) is 0.182. The van der Waals surface area contributed by atoms with Crippen LogP contribution in [-0.2, 0) is 17.8 Å². The Morgan fingerprint density at radius 2 is 1.98 bits per heavy atom. The number of nitrogens with zero attached hydrogens (tertiary/aromatic N) is 7. The lowest BCUT2D eigenvalue weighted by atomic mass is 10.1. The Bertz CT molecular complexity index is 1640. The van der Waals surface area contributed by atoms with Gasteiger partial charge >= 0.3 is 0 Å². The van der Waals surface area contributed by atoms with Gasteiger partial charge in [0.1, 0.15) is 11.6 Å². The molecule has 1 aromatic carbocycles. The van der Waals surface area contributed by atoms with E-state index in [-0.39, 0.29) is 18.3 Å². The number of hydrogen-bond donors (Lipinski definition) is 2. The number of fused-ring (bicyclic) bond motifs is 2. The molecule has 1 fully saturated rings. The van der Waals surface area contributed by atoms with Crippen molar-refractivity contribution in [3.8, 4) is 11.1 Å². The SMILES string of the molecule is Cl.O=C(Nc1nccs1)C(c1ncn2c1CCC2)n1cc2c(F)cc(-c3ccc(N4CCNCC4)nc3)cc2n1. The summed E-state index contributed by atoms with van der Waals surface area (Å²) in [7, 11) is 0. The van der Waals surface area contributed by atoms with E-state index in [4.69, 9.17) is 5.10 Å². The monoisotopic (exact) mass is 579 g/mol. The van der Waals surface area contributed by atoms with E-state index in [1.54, 1.807) is 30.3 Å². The molecule has 1 atom stereocenters. The first-order valence-electron chi connectivity index (χ1n) is 13.0. The molecule has 1 unspecified atom stereocenters. The number of halogens is 2. The van der Waals surface area contributed by atoms with Gasteiger partial charge in [-0.15, -0.1) is 23.7 Å². The van der Waals surface area contributed by atoms with Gasteiger partial charge in [-0.2, -0.15) is 5.10 Å².